The Bertz CT molecular complexity index is 809. The number of benzene rings is 1. The summed E-state index contributed by atoms with van der Waals surface area (Å²) in [7, 11) is 0. The molecule has 0 saturated carbocycles. The molecule has 1 aromatic heterocycles. The lowest BCUT2D eigenvalue weighted by Gasteiger charge is -2.15. The Balaban J connectivity index is 1.96. The third kappa shape index (κ3) is 3.05. The molecule has 0 spiro atoms. The van der Waals surface area contributed by atoms with Crippen LogP contribution in [0.3, 0.4) is 0 Å². The summed E-state index contributed by atoms with van der Waals surface area (Å²) in [5.74, 6) is -0.228. The van der Waals surface area contributed by atoms with Crippen LogP contribution in [0.4, 0.5) is 10.7 Å². The monoisotopic (exact) mass is 342 g/mol. The van der Waals surface area contributed by atoms with Gasteiger partial charge in [0, 0.05) is 17.0 Å². The molecule has 3 N–H and O–H groups in total. The van der Waals surface area contributed by atoms with E-state index in [1.54, 1.807) is 0 Å². The number of amides is 1. The molecule has 3 rings (SSSR count). The minimum atomic E-state index is -0.249. The van der Waals surface area contributed by atoms with E-state index in [1.807, 2.05) is 37.3 Å². The quantitative estimate of drug-likeness (QED) is 0.658. The van der Waals surface area contributed by atoms with Crippen molar-refractivity contribution in [2.75, 3.05) is 17.7 Å². The Morgan fingerprint density at radius 3 is 2.79 bits per heavy atom. The van der Waals surface area contributed by atoms with Crippen molar-refractivity contribution in [2.45, 2.75) is 19.8 Å². The van der Waals surface area contributed by atoms with Crippen LogP contribution in [0.1, 0.15) is 34.1 Å². The van der Waals surface area contributed by atoms with Crippen LogP contribution in [0, 0.1) is 0 Å². The van der Waals surface area contributed by atoms with Crippen molar-refractivity contribution in [3.8, 4) is 0 Å². The Labute approximate surface area is 144 Å². The van der Waals surface area contributed by atoms with Crippen LogP contribution in [0.2, 0.25) is 0 Å². The second-order valence-corrected chi connectivity index (χ2v) is 6.43. The van der Waals surface area contributed by atoms with Crippen molar-refractivity contribution in [1.29, 1.82) is 0 Å². The maximum absolute atomic E-state index is 12.7. The number of nitrogen functional groups attached to an aromatic ring is 1. The smallest absolute Gasteiger partial charge is 0.258 e. The summed E-state index contributed by atoms with van der Waals surface area (Å²) in [6.45, 7) is 2.33. The van der Waals surface area contributed by atoms with Crippen LogP contribution >= 0.6 is 11.3 Å². The Kier molecular flexibility index (Phi) is 4.66. The molecule has 1 aromatic carbocycles. The number of thiophene rings is 1. The lowest BCUT2D eigenvalue weighted by atomic mass is 9.91. The van der Waals surface area contributed by atoms with Crippen LogP contribution in [-0.4, -0.2) is 18.3 Å². The van der Waals surface area contributed by atoms with E-state index in [-0.39, 0.29) is 11.7 Å². The van der Waals surface area contributed by atoms with Crippen LogP contribution < -0.4 is 11.1 Å². The van der Waals surface area contributed by atoms with Crippen molar-refractivity contribution in [2.24, 2.45) is 0 Å². The molecule has 6 heteroatoms. The molecule has 0 atom stereocenters. The average molecular weight is 342 g/mol. The van der Waals surface area contributed by atoms with E-state index < -0.39 is 0 Å². The number of para-hydroxylation sites is 1. The van der Waals surface area contributed by atoms with Crippen molar-refractivity contribution in [3.63, 3.8) is 0 Å². The highest BCUT2D eigenvalue weighted by Crippen LogP contribution is 2.40. The fourth-order valence-corrected chi connectivity index (χ4v) is 3.83. The fraction of sp³-hybridized carbons (Fsp3) is 0.222. The molecule has 5 nitrogen and oxygen atoms in total. The first-order chi connectivity index (χ1) is 11.6. The zero-order valence-corrected chi connectivity index (χ0v) is 14.1. The summed E-state index contributed by atoms with van der Waals surface area (Å²) >= 11 is 1.27. The highest BCUT2D eigenvalue weighted by molar-refractivity contribution is 7.18. The Hall–Kier alpha value is -2.60. The number of Topliss-reactive ketones (excluding diaryl/α,β-unsaturated/α-hetero) is 1. The molecule has 0 saturated heterocycles. The van der Waals surface area contributed by atoms with Gasteiger partial charge >= 0.3 is 0 Å². The number of fused-ring (bicyclic) bond motifs is 1. The molecule has 0 bridgehead atoms. The first-order valence-electron chi connectivity index (χ1n) is 7.74. The van der Waals surface area contributed by atoms with Gasteiger partial charge in [0.25, 0.3) is 5.91 Å². The molecule has 0 aliphatic heterocycles. The number of nitrogens with two attached hydrogens (primary N) is 1. The number of ether oxygens (including phenoxy) is 1. The van der Waals surface area contributed by atoms with E-state index in [0.29, 0.717) is 41.3 Å². The minimum Gasteiger partial charge on any atom is -0.501 e. The molecule has 1 heterocycles. The topological polar surface area (TPSA) is 81.4 Å². The summed E-state index contributed by atoms with van der Waals surface area (Å²) in [5, 5.41) is 3.28. The lowest BCUT2D eigenvalue weighted by Crippen LogP contribution is -2.18. The fourth-order valence-electron chi connectivity index (χ4n) is 2.69. The van der Waals surface area contributed by atoms with Crippen molar-refractivity contribution >= 4 is 39.3 Å². The summed E-state index contributed by atoms with van der Waals surface area (Å²) in [6.07, 6.45) is 2.35. The van der Waals surface area contributed by atoms with E-state index in [4.69, 9.17) is 10.5 Å². The number of anilines is 2. The average Bonchev–Trinajstić information content (AvgIpc) is 2.91. The standard InChI is InChI=1S/C18H18N2O3S/c1-2-23-10-13-14(21)9-8-12-15(17(19)24-16(12)13)18(22)20-11-6-4-3-5-7-11/h3-7,10H,2,8-9,19H2,1H3,(H,20,22). The predicted octanol–water partition coefficient (Wildman–Crippen LogP) is 3.48. The summed E-state index contributed by atoms with van der Waals surface area (Å²) in [5.41, 5.74) is 8.60. The number of nitrogens with one attached hydrogen (secondary N) is 1. The summed E-state index contributed by atoms with van der Waals surface area (Å²) in [6, 6.07) is 9.22. The van der Waals surface area contributed by atoms with E-state index in [0.717, 1.165) is 10.4 Å². The first-order valence-corrected chi connectivity index (χ1v) is 8.56. The van der Waals surface area contributed by atoms with Gasteiger partial charge in [-0.05, 0) is 31.0 Å². The highest BCUT2D eigenvalue weighted by atomic mass is 32.1. The van der Waals surface area contributed by atoms with Gasteiger partial charge in [-0.15, -0.1) is 11.3 Å². The maximum Gasteiger partial charge on any atom is 0.258 e. The van der Waals surface area contributed by atoms with E-state index >= 15 is 0 Å². The van der Waals surface area contributed by atoms with E-state index in [2.05, 4.69) is 5.32 Å². The number of allylic oxidation sites excluding steroid dienone is 1. The molecule has 0 radical (unpaired) electrons. The molecule has 1 aliphatic carbocycles. The van der Waals surface area contributed by atoms with Gasteiger partial charge in [-0.25, -0.2) is 0 Å². The lowest BCUT2D eigenvalue weighted by molar-refractivity contribution is -0.114. The zero-order chi connectivity index (χ0) is 17.1. The van der Waals surface area contributed by atoms with Gasteiger partial charge in [-0.1, -0.05) is 18.2 Å². The number of rotatable bonds is 4. The second kappa shape index (κ2) is 6.88. The van der Waals surface area contributed by atoms with Crippen LogP contribution in [-0.2, 0) is 16.0 Å². The molecule has 124 valence electrons. The highest BCUT2D eigenvalue weighted by Gasteiger charge is 2.30. The van der Waals surface area contributed by atoms with Crippen molar-refractivity contribution in [1.82, 2.24) is 0 Å². The molecular weight excluding hydrogens is 324 g/mol. The first kappa shape index (κ1) is 16.3. The summed E-state index contributed by atoms with van der Waals surface area (Å²) in [4.78, 5) is 25.6. The van der Waals surface area contributed by atoms with Crippen molar-refractivity contribution in [3.05, 3.63) is 52.6 Å². The van der Waals surface area contributed by atoms with Gasteiger partial charge in [0.2, 0.25) is 0 Å². The Morgan fingerprint density at radius 2 is 2.08 bits per heavy atom. The minimum absolute atomic E-state index is 0.0206. The van der Waals surface area contributed by atoms with Gasteiger partial charge in [0.1, 0.15) is 0 Å². The van der Waals surface area contributed by atoms with Gasteiger partial charge in [-0.3, -0.25) is 9.59 Å². The van der Waals surface area contributed by atoms with Gasteiger partial charge in [0.05, 0.1) is 29.0 Å². The van der Waals surface area contributed by atoms with Gasteiger partial charge in [0.15, 0.2) is 5.78 Å². The molecule has 24 heavy (non-hydrogen) atoms. The van der Waals surface area contributed by atoms with Crippen LogP contribution in [0.25, 0.3) is 5.57 Å². The van der Waals surface area contributed by atoms with Gasteiger partial charge in [-0.2, -0.15) is 0 Å². The molecule has 1 aliphatic rings. The van der Waals surface area contributed by atoms with Crippen LogP contribution in [0.15, 0.2) is 36.6 Å². The Morgan fingerprint density at radius 1 is 1.33 bits per heavy atom. The molecule has 2 aromatic rings. The number of carbonyl (C=O) groups excluding carboxylic acids is 2. The maximum atomic E-state index is 12.7. The SMILES string of the molecule is CCOC=C1C(=O)CCc2c1sc(N)c2C(=O)Nc1ccccc1. The number of hydrogen-bond acceptors (Lipinski definition) is 5. The number of hydrogen-bond donors (Lipinski definition) is 2. The number of carbonyl (C=O) groups is 2. The molecule has 0 unspecified atom stereocenters. The number of ketones is 1. The third-order valence-corrected chi connectivity index (χ3v) is 4.90. The zero-order valence-electron chi connectivity index (χ0n) is 13.3. The van der Waals surface area contributed by atoms with Crippen LogP contribution in [0.5, 0.6) is 0 Å². The van der Waals surface area contributed by atoms with E-state index in [9.17, 15) is 9.59 Å². The van der Waals surface area contributed by atoms with Gasteiger partial charge < -0.3 is 15.8 Å². The van der Waals surface area contributed by atoms with Crippen molar-refractivity contribution < 1.29 is 14.3 Å². The predicted molar refractivity (Wildman–Crippen MR) is 96.1 cm³/mol. The molecular formula is C18H18N2O3S. The normalized spacial score (nSPS) is 15.2. The largest absolute Gasteiger partial charge is 0.501 e. The third-order valence-electron chi connectivity index (χ3n) is 3.81. The molecule has 0 fully saturated rings. The summed E-state index contributed by atoms with van der Waals surface area (Å²) < 4.78 is 5.29. The molecule has 1 amide bonds. The second-order valence-electron chi connectivity index (χ2n) is 5.38. The van der Waals surface area contributed by atoms with E-state index in [1.165, 1.54) is 17.6 Å².